The molecule has 176 valence electrons. The van der Waals surface area contributed by atoms with Crippen LogP contribution >= 0.6 is 15.9 Å². The van der Waals surface area contributed by atoms with Gasteiger partial charge in [-0.1, -0.05) is 40.2 Å². The number of rotatable bonds is 4. The third-order valence-electron chi connectivity index (χ3n) is 7.56. The van der Waals surface area contributed by atoms with E-state index in [1.807, 2.05) is 24.3 Å². The lowest BCUT2D eigenvalue weighted by molar-refractivity contribution is -0.119. The maximum absolute atomic E-state index is 13.3. The monoisotopic (exact) mass is 514 g/mol. The molecule has 5 rings (SSSR count). The van der Waals surface area contributed by atoms with Gasteiger partial charge in [-0.15, -0.1) is 0 Å². The summed E-state index contributed by atoms with van der Waals surface area (Å²) in [7, 11) is 3.83. The molecule has 3 atom stereocenters. The number of carbonyl (C=O) groups is 2. The van der Waals surface area contributed by atoms with E-state index in [0.717, 1.165) is 23.1 Å². The number of carbonyl (C=O) groups excluding carboxylic acids is 2. The minimum atomic E-state index is -0.568. The van der Waals surface area contributed by atoms with Gasteiger partial charge in [0.1, 0.15) is 6.04 Å². The van der Waals surface area contributed by atoms with Crippen molar-refractivity contribution in [2.45, 2.75) is 62.4 Å². The van der Waals surface area contributed by atoms with E-state index in [1.165, 1.54) is 24.0 Å². The number of methoxy groups -OCH3 is 1. The first kappa shape index (κ1) is 22.6. The maximum Gasteiger partial charge on any atom is 0.318 e. The Bertz CT molecular complexity index is 1020. The molecule has 4 aliphatic rings. The molecule has 1 spiro atoms. The number of likely N-dealkylation sites (tertiary alicyclic amines) is 1. The first-order valence-corrected chi connectivity index (χ1v) is 12.4. The Morgan fingerprint density at radius 1 is 1.24 bits per heavy atom. The van der Waals surface area contributed by atoms with E-state index in [0.29, 0.717) is 24.9 Å². The summed E-state index contributed by atoms with van der Waals surface area (Å²) >= 11 is 3.44. The van der Waals surface area contributed by atoms with E-state index < -0.39 is 6.04 Å². The minimum Gasteiger partial charge on any atom is -0.380 e. The maximum atomic E-state index is 13.3. The Hall–Kier alpha value is -2.16. The Morgan fingerprint density at radius 2 is 2.06 bits per heavy atom. The van der Waals surface area contributed by atoms with Crippen molar-refractivity contribution in [3.63, 3.8) is 0 Å². The number of amides is 3. The van der Waals surface area contributed by atoms with Crippen molar-refractivity contribution < 1.29 is 14.3 Å². The summed E-state index contributed by atoms with van der Waals surface area (Å²) in [4.78, 5) is 30.4. The van der Waals surface area contributed by atoms with Crippen molar-refractivity contribution in [2.75, 3.05) is 26.0 Å². The van der Waals surface area contributed by atoms with Gasteiger partial charge in [0, 0.05) is 42.3 Å². The number of allylic oxidation sites excluding steroid dienone is 2. The summed E-state index contributed by atoms with van der Waals surface area (Å²) in [6, 6.07) is 5.32. The van der Waals surface area contributed by atoms with Crippen molar-refractivity contribution in [1.29, 1.82) is 0 Å². The predicted molar refractivity (Wildman–Crippen MR) is 131 cm³/mol. The molecule has 2 fully saturated rings. The lowest BCUT2D eigenvalue weighted by Crippen LogP contribution is -2.50. The quantitative estimate of drug-likeness (QED) is 0.644. The number of benzene rings is 1. The summed E-state index contributed by atoms with van der Waals surface area (Å²) in [5, 5.41) is 6.10. The SMILES string of the molecule is COC1C[C@H](C(=O)Nc2ccc3c(c2)CC2(CC2)N(C)C3)N(C(=O)NC2C=CC(Br)=CC2)C1. The largest absolute Gasteiger partial charge is 0.380 e. The van der Waals surface area contributed by atoms with Crippen LogP contribution in [0.2, 0.25) is 0 Å². The molecule has 1 aromatic rings. The lowest BCUT2D eigenvalue weighted by Gasteiger charge is -2.34. The first-order chi connectivity index (χ1) is 15.9. The van der Waals surface area contributed by atoms with Crippen LogP contribution in [0.1, 0.15) is 36.8 Å². The Balaban J connectivity index is 1.27. The summed E-state index contributed by atoms with van der Waals surface area (Å²) in [6.45, 7) is 1.35. The molecular formula is C25H31BrN4O3. The molecule has 1 saturated carbocycles. The third-order valence-corrected chi connectivity index (χ3v) is 8.15. The zero-order chi connectivity index (χ0) is 23.2. The number of anilines is 1. The molecule has 0 radical (unpaired) electrons. The first-order valence-electron chi connectivity index (χ1n) is 11.6. The second kappa shape index (κ2) is 8.89. The van der Waals surface area contributed by atoms with Gasteiger partial charge in [0.25, 0.3) is 0 Å². The topological polar surface area (TPSA) is 73.9 Å². The molecule has 7 nitrogen and oxygen atoms in total. The van der Waals surface area contributed by atoms with Crippen LogP contribution in [-0.2, 0) is 22.5 Å². The van der Waals surface area contributed by atoms with Crippen LogP contribution in [0.5, 0.6) is 0 Å². The van der Waals surface area contributed by atoms with Crippen molar-refractivity contribution in [2.24, 2.45) is 0 Å². The van der Waals surface area contributed by atoms with Crippen LogP contribution in [0, 0.1) is 0 Å². The Kier molecular flexibility index (Phi) is 6.09. The van der Waals surface area contributed by atoms with Crippen LogP contribution in [0.25, 0.3) is 0 Å². The zero-order valence-corrected chi connectivity index (χ0v) is 20.7. The van der Waals surface area contributed by atoms with E-state index in [2.05, 4.69) is 50.6 Å². The molecule has 2 aliphatic carbocycles. The Labute approximate surface area is 203 Å². The van der Waals surface area contributed by atoms with Gasteiger partial charge < -0.3 is 20.3 Å². The molecule has 2 heterocycles. The predicted octanol–water partition coefficient (Wildman–Crippen LogP) is 3.55. The van der Waals surface area contributed by atoms with Crippen molar-refractivity contribution >= 4 is 33.6 Å². The van der Waals surface area contributed by atoms with Gasteiger partial charge in [0.2, 0.25) is 5.91 Å². The summed E-state index contributed by atoms with van der Waals surface area (Å²) in [5.41, 5.74) is 3.77. The van der Waals surface area contributed by atoms with Crippen molar-refractivity contribution in [3.05, 3.63) is 52.0 Å². The van der Waals surface area contributed by atoms with E-state index in [-0.39, 0.29) is 24.1 Å². The number of fused-ring (bicyclic) bond motifs is 1. The average molecular weight is 515 g/mol. The molecule has 33 heavy (non-hydrogen) atoms. The van der Waals surface area contributed by atoms with Crippen LogP contribution < -0.4 is 10.6 Å². The van der Waals surface area contributed by atoms with E-state index in [9.17, 15) is 9.59 Å². The molecule has 0 bridgehead atoms. The molecule has 2 N–H and O–H groups in total. The smallest absolute Gasteiger partial charge is 0.318 e. The van der Waals surface area contributed by atoms with Crippen molar-refractivity contribution in [1.82, 2.24) is 15.1 Å². The molecule has 2 unspecified atom stereocenters. The molecule has 1 aromatic carbocycles. The lowest BCUT2D eigenvalue weighted by atomic mass is 9.92. The van der Waals surface area contributed by atoms with Crippen molar-refractivity contribution in [3.8, 4) is 0 Å². The molecule has 2 aliphatic heterocycles. The standard InChI is InChI=1S/C25H31BrN4O3/c1-29-14-16-3-6-20(11-17(16)13-25(29)9-10-25)27-23(31)22-12-21(33-2)15-30(22)24(32)28-19-7-4-18(26)5-8-19/h3-7,11,19,21-22H,8-10,12-15H2,1-2H3,(H,27,31)(H,28,32)/t19?,21?,22-/m1/s1. The number of halogens is 1. The van der Waals surface area contributed by atoms with Gasteiger partial charge in [0.05, 0.1) is 12.1 Å². The van der Waals surface area contributed by atoms with E-state index in [1.54, 1.807) is 12.0 Å². The van der Waals surface area contributed by atoms with Crippen LogP contribution in [0.4, 0.5) is 10.5 Å². The average Bonchev–Trinajstić information content (AvgIpc) is 3.43. The molecule has 0 aromatic heterocycles. The van der Waals surface area contributed by atoms with Gasteiger partial charge in [-0.25, -0.2) is 4.79 Å². The second-order valence-electron chi connectivity index (χ2n) is 9.73. The molecular weight excluding hydrogens is 484 g/mol. The summed E-state index contributed by atoms with van der Waals surface area (Å²) in [5.74, 6) is -0.166. The number of hydrogen-bond acceptors (Lipinski definition) is 4. The van der Waals surface area contributed by atoms with Gasteiger partial charge in [0.15, 0.2) is 0 Å². The van der Waals surface area contributed by atoms with E-state index in [4.69, 9.17) is 4.74 Å². The molecule has 3 amide bonds. The fraction of sp³-hybridized carbons (Fsp3) is 0.520. The second-order valence-corrected chi connectivity index (χ2v) is 10.6. The van der Waals surface area contributed by atoms with Crippen LogP contribution in [0.15, 0.2) is 40.9 Å². The third kappa shape index (κ3) is 4.61. The Morgan fingerprint density at radius 3 is 2.76 bits per heavy atom. The fourth-order valence-corrected chi connectivity index (χ4v) is 5.59. The van der Waals surface area contributed by atoms with Gasteiger partial charge >= 0.3 is 6.03 Å². The number of nitrogens with zero attached hydrogens (tertiary/aromatic N) is 2. The summed E-state index contributed by atoms with van der Waals surface area (Å²) in [6.07, 6.45) is 10.5. The summed E-state index contributed by atoms with van der Waals surface area (Å²) < 4.78 is 6.51. The fourth-order valence-electron chi connectivity index (χ4n) is 5.25. The van der Waals surface area contributed by atoms with Crippen LogP contribution in [0.3, 0.4) is 0 Å². The number of likely N-dealkylation sites (N-methyl/N-ethyl adjacent to an activating group) is 1. The minimum absolute atomic E-state index is 0.0855. The highest BCUT2D eigenvalue weighted by molar-refractivity contribution is 9.11. The highest BCUT2D eigenvalue weighted by Crippen LogP contribution is 2.47. The number of hydrogen-bond donors (Lipinski definition) is 2. The molecule has 1 saturated heterocycles. The van der Waals surface area contributed by atoms with Gasteiger partial charge in [-0.2, -0.15) is 0 Å². The van der Waals surface area contributed by atoms with Gasteiger partial charge in [-0.05, 0) is 56.0 Å². The van der Waals surface area contributed by atoms with Crippen LogP contribution in [-0.4, -0.2) is 66.2 Å². The zero-order valence-electron chi connectivity index (χ0n) is 19.1. The normalized spacial score (nSPS) is 27.8. The number of urea groups is 1. The highest BCUT2D eigenvalue weighted by Gasteiger charge is 2.48. The van der Waals surface area contributed by atoms with E-state index >= 15 is 0 Å². The highest BCUT2D eigenvalue weighted by atomic mass is 79.9. The number of nitrogens with one attached hydrogen (secondary N) is 2. The number of ether oxygens (including phenoxy) is 1. The van der Waals surface area contributed by atoms with Gasteiger partial charge in [-0.3, -0.25) is 9.69 Å². The molecule has 8 heteroatoms.